The molecular weight excluding hydrogens is 250 g/mol. The average molecular weight is 273 g/mol. The van der Waals surface area contributed by atoms with Gasteiger partial charge >= 0.3 is 6.09 Å². The molecule has 1 aromatic rings. The lowest BCUT2D eigenvalue weighted by molar-refractivity contribution is 0.0745. The molecule has 108 valence electrons. The fourth-order valence-electron chi connectivity index (χ4n) is 3.80. The van der Waals surface area contributed by atoms with Crippen LogP contribution in [0.4, 0.5) is 4.79 Å². The van der Waals surface area contributed by atoms with Crippen LogP contribution in [0.25, 0.3) is 0 Å². The molecule has 1 unspecified atom stereocenters. The van der Waals surface area contributed by atoms with Gasteiger partial charge in [0.2, 0.25) is 0 Å². The Morgan fingerprint density at radius 2 is 1.95 bits per heavy atom. The molecule has 1 N–H and O–H groups in total. The summed E-state index contributed by atoms with van der Waals surface area (Å²) >= 11 is 0. The molecule has 0 heterocycles. The third-order valence-corrected chi connectivity index (χ3v) is 5.15. The summed E-state index contributed by atoms with van der Waals surface area (Å²) in [5.41, 5.74) is 1.59. The Morgan fingerprint density at radius 1 is 1.20 bits per heavy atom. The van der Waals surface area contributed by atoms with Crippen molar-refractivity contribution in [3.63, 3.8) is 0 Å². The van der Waals surface area contributed by atoms with Crippen LogP contribution >= 0.6 is 0 Å². The molecule has 1 aromatic carbocycles. The maximum absolute atomic E-state index is 11.8. The zero-order valence-electron chi connectivity index (χ0n) is 11.9. The van der Waals surface area contributed by atoms with Crippen molar-refractivity contribution in [1.82, 2.24) is 5.32 Å². The van der Waals surface area contributed by atoms with Crippen LogP contribution < -0.4 is 5.32 Å². The third-order valence-electron chi connectivity index (χ3n) is 5.15. The van der Waals surface area contributed by atoms with E-state index in [1.807, 2.05) is 30.3 Å². The van der Waals surface area contributed by atoms with Crippen LogP contribution in [-0.2, 0) is 11.3 Å². The van der Waals surface area contributed by atoms with E-state index in [-0.39, 0.29) is 6.09 Å². The number of carbonyl (C=O) groups excluding carboxylic acids is 1. The van der Waals surface area contributed by atoms with E-state index in [9.17, 15) is 4.79 Å². The Balaban J connectivity index is 1.41. The molecule has 2 aliphatic rings. The molecule has 20 heavy (non-hydrogen) atoms. The van der Waals surface area contributed by atoms with Crippen LogP contribution in [0.15, 0.2) is 30.3 Å². The van der Waals surface area contributed by atoms with Crippen molar-refractivity contribution in [2.75, 3.05) is 6.54 Å². The fourth-order valence-corrected chi connectivity index (χ4v) is 3.80. The summed E-state index contributed by atoms with van der Waals surface area (Å²) in [6.45, 7) is 1.14. The molecule has 2 aliphatic carbocycles. The molecule has 3 nitrogen and oxygen atoms in total. The molecule has 2 saturated carbocycles. The SMILES string of the molecule is O=C(NCC1CCCC12CCC2)OCc1ccccc1. The van der Waals surface area contributed by atoms with Crippen LogP contribution in [0.2, 0.25) is 0 Å². The quantitative estimate of drug-likeness (QED) is 0.904. The van der Waals surface area contributed by atoms with Gasteiger partial charge < -0.3 is 10.1 Å². The van der Waals surface area contributed by atoms with E-state index in [1.165, 1.54) is 38.5 Å². The van der Waals surface area contributed by atoms with Crippen molar-refractivity contribution in [2.45, 2.75) is 45.1 Å². The average Bonchev–Trinajstić information content (AvgIpc) is 2.88. The molecule has 3 rings (SSSR count). The highest BCUT2D eigenvalue weighted by Crippen LogP contribution is 2.56. The molecule has 1 atom stereocenters. The van der Waals surface area contributed by atoms with Crippen molar-refractivity contribution in [1.29, 1.82) is 0 Å². The van der Waals surface area contributed by atoms with Crippen LogP contribution in [0.5, 0.6) is 0 Å². The number of amides is 1. The lowest BCUT2D eigenvalue weighted by Gasteiger charge is -2.43. The molecule has 1 spiro atoms. The summed E-state index contributed by atoms with van der Waals surface area (Å²) < 4.78 is 5.26. The van der Waals surface area contributed by atoms with Gasteiger partial charge in [0.1, 0.15) is 6.61 Å². The van der Waals surface area contributed by atoms with Gasteiger partial charge in [-0.25, -0.2) is 4.79 Å². The Hall–Kier alpha value is -1.51. The highest BCUT2D eigenvalue weighted by atomic mass is 16.5. The Kier molecular flexibility index (Phi) is 3.95. The van der Waals surface area contributed by atoms with Gasteiger partial charge in [0.25, 0.3) is 0 Å². The predicted octanol–water partition coefficient (Wildman–Crippen LogP) is 3.88. The minimum atomic E-state index is -0.282. The van der Waals surface area contributed by atoms with Crippen LogP contribution in [-0.4, -0.2) is 12.6 Å². The fraction of sp³-hybridized carbons (Fsp3) is 0.588. The highest BCUT2D eigenvalue weighted by Gasteiger charge is 2.46. The zero-order chi connectivity index (χ0) is 13.8. The van der Waals surface area contributed by atoms with E-state index in [0.29, 0.717) is 17.9 Å². The van der Waals surface area contributed by atoms with Gasteiger partial charge in [-0.15, -0.1) is 0 Å². The molecule has 0 radical (unpaired) electrons. The van der Waals surface area contributed by atoms with E-state index in [4.69, 9.17) is 4.74 Å². The number of nitrogens with one attached hydrogen (secondary N) is 1. The number of hydrogen-bond acceptors (Lipinski definition) is 2. The Labute approximate surface area is 120 Å². The lowest BCUT2D eigenvalue weighted by atomic mass is 9.62. The molecule has 0 saturated heterocycles. The second kappa shape index (κ2) is 5.86. The van der Waals surface area contributed by atoms with Crippen molar-refractivity contribution >= 4 is 6.09 Å². The Bertz CT molecular complexity index is 453. The predicted molar refractivity (Wildman–Crippen MR) is 78.3 cm³/mol. The largest absolute Gasteiger partial charge is 0.445 e. The number of carbonyl (C=O) groups is 1. The van der Waals surface area contributed by atoms with Crippen LogP contribution in [0.3, 0.4) is 0 Å². The topological polar surface area (TPSA) is 38.3 Å². The van der Waals surface area contributed by atoms with Gasteiger partial charge in [0.15, 0.2) is 0 Å². The number of rotatable bonds is 4. The van der Waals surface area contributed by atoms with E-state index < -0.39 is 0 Å². The van der Waals surface area contributed by atoms with E-state index >= 15 is 0 Å². The van der Waals surface area contributed by atoms with Crippen molar-refractivity contribution in [3.8, 4) is 0 Å². The standard InChI is InChI=1S/C17H23NO2/c19-16(20-13-14-6-2-1-3-7-14)18-12-15-8-4-9-17(15)10-5-11-17/h1-3,6-7,15H,4-5,8-13H2,(H,18,19). The van der Waals surface area contributed by atoms with Gasteiger partial charge in [0.05, 0.1) is 0 Å². The summed E-state index contributed by atoms with van der Waals surface area (Å²) in [5.74, 6) is 0.667. The zero-order valence-corrected chi connectivity index (χ0v) is 11.9. The first-order chi connectivity index (χ1) is 9.78. The molecule has 0 aromatic heterocycles. The normalized spacial score (nSPS) is 23.3. The summed E-state index contributed by atoms with van der Waals surface area (Å²) in [6.07, 6.45) is 7.75. The summed E-state index contributed by atoms with van der Waals surface area (Å²) in [4.78, 5) is 11.8. The number of ether oxygens (including phenoxy) is 1. The second-order valence-electron chi connectivity index (χ2n) is 6.25. The van der Waals surface area contributed by atoms with E-state index in [2.05, 4.69) is 5.32 Å². The minimum absolute atomic E-state index is 0.282. The molecule has 0 bridgehead atoms. The molecular formula is C17H23NO2. The Morgan fingerprint density at radius 3 is 2.65 bits per heavy atom. The first kappa shape index (κ1) is 13.5. The second-order valence-corrected chi connectivity index (χ2v) is 6.25. The molecule has 0 aliphatic heterocycles. The molecule has 1 amide bonds. The van der Waals surface area contributed by atoms with E-state index in [0.717, 1.165) is 12.1 Å². The maximum Gasteiger partial charge on any atom is 0.407 e. The number of alkyl carbamates (subject to hydrolysis) is 1. The smallest absolute Gasteiger partial charge is 0.407 e. The summed E-state index contributed by atoms with van der Waals surface area (Å²) in [5, 5.41) is 2.96. The van der Waals surface area contributed by atoms with Gasteiger partial charge in [-0.2, -0.15) is 0 Å². The van der Waals surface area contributed by atoms with Crippen molar-refractivity contribution < 1.29 is 9.53 Å². The van der Waals surface area contributed by atoms with Crippen LogP contribution in [0.1, 0.15) is 44.1 Å². The molecule has 3 heteroatoms. The number of benzene rings is 1. The van der Waals surface area contributed by atoms with Gasteiger partial charge in [-0.05, 0) is 42.6 Å². The van der Waals surface area contributed by atoms with Crippen LogP contribution in [0, 0.1) is 11.3 Å². The summed E-state index contributed by atoms with van der Waals surface area (Å²) in [7, 11) is 0. The maximum atomic E-state index is 11.8. The van der Waals surface area contributed by atoms with Gasteiger partial charge in [0, 0.05) is 6.54 Å². The monoisotopic (exact) mass is 273 g/mol. The highest BCUT2D eigenvalue weighted by molar-refractivity contribution is 5.67. The minimum Gasteiger partial charge on any atom is -0.445 e. The number of hydrogen-bond donors (Lipinski definition) is 1. The first-order valence-corrected chi connectivity index (χ1v) is 7.73. The van der Waals surface area contributed by atoms with Crippen molar-refractivity contribution in [2.24, 2.45) is 11.3 Å². The lowest BCUT2D eigenvalue weighted by Crippen LogP contribution is -2.40. The molecule has 2 fully saturated rings. The summed E-state index contributed by atoms with van der Waals surface area (Å²) in [6, 6.07) is 9.80. The van der Waals surface area contributed by atoms with E-state index in [1.54, 1.807) is 0 Å². The van der Waals surface area contributed by atoms with Crippen molar-refractivity contribution in [3.05, 3.63) is 35.9 Å². The first-order valence-electron chi connectivity index (χ1n) is 7.73. The third kappa shape index (κ3) is 2.82. The van der Waals surface area contributed by atoms with Gasteiger partial charge in [-0.1, -0.05) is 43.2 Å². The van der Waals surface area contributed by atoms with Gasteiger partial charge in [-0.3, -0.25) is 0 Å².